The molecule has 1 aromatic carbocycles. The first-order valence-electron chi connectivity index (χ1n) is 6.15. The number of aliphatic hydroxyl groups excluding tert-OH is 1. The molecule has 90 valence electrons. The van der Waals surface area contributed by atoms with Gasteiger partial charge in [-0.05, 0) is 61.6 Å². The molecule has 0 unspecified atom stereocenters. The van der Waals surface area contributed by atoms with E-state index < -0.39 is 0 Å². The van der Waals surface area contributed by atoms with Gasteiger partial charge in [-0.1, -0.05) is 18.7 Å². The molecule has 0 atom stereocenters. The molecule has 17 heavy (non-hydrogen) atoms. The van der Waals surface area contributed by atoms with Gasteiger partial charge < -0.3 is 5.11 Å². The van der Waals surface area contributed by atoms with Crippen LogP contribution in [0, 0.1) is 0 Å². The number of benzene rings is 1. The third-order valence-electron chi connectivity index (χ3n) is 3.61. The normalized spacial score (nSPS) is 24.3. The number of nitrogens with zero attached hydrogens (tertiary/aromatic N) is 1. The van der Waals surface area contributed by atoms with Crippen LogP contribution in [-0.2, 0) is 0 Å². The van der Waals surface area contributed by atoms with Crippen molar-refractivity contribution in [2.45, 2.75) is 37.7 Å². The molecule has 1 aromatic rings. The van der Waals surface area contributed by atoms with Crippen molar-refractivity contribution in [3.05, 3.63) is 35.9 Å². The van der Waals surface area contributed by atoms with Crippen molar-refractivity contribution < 1.29 is 5.11 Å². The second-order valence-electron chi connectivity index (χ2n) is 4.69. The summed E-state index contributed by atoms with van der Waals surface area (Å²) < 4.78 is 0. The molecule has 0 heterocycles. The Morgan fingerprint density at radius 3 is 2.53 bits per heavy atom. The van der Waals surface area contributed by atoms with Crippen molar-refractivity contribution in [3.8, 4) is 0 Å². The van der Waals surface area contributed by atoms with Gasteiger partial charge in [-0.25, -0.2) is 0 Å². The first-order chi connectivity index (χ1) is 8.24. The van der Waals surface area contributed by atoms with Crippen molar-refractivity contribution >= 4 is 18.5 Å². The molecule has 2 nitrogen and oxygen atoms in total. The van der Waals surface area contributed by atoms with Gasteiger partial charge in [0.25, 0.3) is 0 Å². The highest BCUT2D eigenvalue weighted by molar-refractivity contribution is 5.65. The predicted octanol–water partition coefficient (Wildman–Crippen LogP) is 3.68. The molecule has 0 aromatic heterocycles. The van der Waals surface area contributed by atoms with E-state index in [-0.39, 0.29) is 6.10 Å². The molecule has 2 heteroatoms. The van der Waals surface area contributed by atoms with Gasteiger partial charge in [-0.2, -0.15) is 0 Å². The first kappa shape index (κ1) is 12.1. The number of aliphatic hydroxyl groups is 1. The third-order valence-corrected chi connectivity index (χ3v) is 3.61. The van der Waals surface area contributed by atoms with Crippen LogP contribution in [0.2, 0.25) is 0 Å². The number of aliphatic imine (C=N–C) groups is 1. The Morgan fingerprint density at radius 2 is 1.94 bits per heavy atom. The Kier molecular flexibility index (Phi) is 3.75. The summed E-state index contributed by atoms with van der Waals surface area (Å²) in [5.41, 5.74) is 3.27. The molecule has 2 rings (SSSR count). The monoisotopic (exact) mass is 229 g/mol. The summed E-state index contributed by atoms with van der Waals surface area (Å²) >= 11 is 0. The minimum absolute atomic E-state index is 0.0979. The number of hydrogen-bond donors (Lipinski definition) is 1. The molecule has 0 saturated heterocycles. The minimum Gasteiger partial charge on any atom is -0.393 e. The van der Waals surface area contributed by atoms with Crippen LogP contribution in [-0.4, -0.2) is 17.9 Å². The van der Waals surface area contributed by atoms with Gasteiger partial charge in [-0.15, -0.1) is 0 Å². The lowest BCUT2D eigenvalue weighted by molar-refractivity contribution is 0.122. The molecular weight excluding hydrogens is 210 g/mol. The van der Waals surface area contributed by atoms with Crippen LogP contribution < -0.4 is 0 Å². The average Bonchev–Trinajstić information content (AvgIpc) is 2.39. The average molecular weight is 229 g/mol. The summed E-state index contributed by atoms with van der Waals surface area (Å²) in [6.45, 7) is 7.37. The number of rotatable bonds is 3. The lowest BCUT2D eigenvalue weighted by Gasteiger charge is -2.26. The van der Waals surface area contributed by atoms with E-state index in [2.05, 4.69) is 30.4 Å². The molecule has 0 bridgehead atoms. The third kappa shape index (κ3) is 2.64. The summed E-state index contributed by atoms with van der Waals surface area (Å²) in [5, 5.41) is 9.52. The lowest BCUT2D eigenvalue weighted by atomic mass is 9.82. The van der Waals surface area contributed by atoms with Gasteiger partial charge in [0, 0.05) is 0 Å². The van der Waals surface area contributed by atoms with Crippen molar-refractivity contribution in [1.82, 2.24) is 0 Å². The Bertz CT molecular complexity index is 417. The van der Waals surface area contributed by atoms with Gasteiger partial charge in [-0.3, -0.25) is 4.99 Å². The Morgan fingerprint density at radius 1 is 1.24 bits per heavy atom. The zero-order chi connectivity index (χ0) is 12.3. The molecule has 1 fully saturated rings. The highest BCUT2D eigenvalue weighted by Gasteiger charge is 2.20. The maximum atomic E-state index is 9.52. The summed E-state index contributed by atoms with van der Waals surface area (Å²) in [4.78, 5) is 3.98. The zero-order valence-corrected chi connectivity index (χ0v) is 10.1. The molecule has 1 aliphatic rings. The van der Waals surface area contributed by atoms with Crippen molar-refractivity contribution in [3.63, 3.8) is 0 Å². The molecule has 1 N–H and O–H groups in total. The van der Waals surface area contributed by atoms with Crippen LogP contribution >= 0.6 is 0 Å². The van der Waals surface area contributed by atoms with Gasteiger partial charge in [0.1, 0.15) is 0 Å². The number of hydrogen-bond acceptors (Lipinski definition) is 2. The summed E-state index contributed by atoms with van der Waals surface area (Å²) in [7, 11) is 0. The Balaban J connectivity index is 2.21. The molecule has 1 aliphatic carbocycles. The first-order valence-corrected chi connectivity index (χ1v) is 6.15. The highest BCUT2D eigenvalue weighted by atomic mass is 16.3. The fourth-order valence-electron chi connectivity index (χ4n) is 2.54. The van der Waals surface area contributed by atoms with E-state index in [9.17, 15) is 5.11 Å². The molecule has 0 aliphatic heterocycles. The molecule has 0 radical (unpaired) electrons. The zero-order valence-electron chi connectivity index (χ0n) is 10.1. The van der Waals surface area contributed by atoms with Crippen LogP contribution in [0.3, 0.4) is 0 Å². The molecule has 0 spiro atoms. The van der Waals surface area contributed by atoms with E-state index in [0.29, 0.717) is 5.92 Å². The van der Waals surface area contributed by atoms with E-state index in [1.807, 2.05) is 12.1 Å². The summed E-state index contributed by atoms with van der Waals surface area (Å²) in [6, 6.07) is 6.28. The van der Waals surface area contributed by atoms with Gasteiger partial charge >= 0.3 is 0 Å². The summed E-state index contributed by atoms with van der Waals surface area (Å²) in [6.07, 6.45) is 5.69. The fourth-order valence-corrected chi connectivity index (χ4v) is 2.54. The molecule has 1 saturated carbocycles. The fraction of sp³-hybridized carbons (Fsp3) is 0.400. The largest absolute Gasteiger partial charge is 0.393 e. The second-order valence-corrected chi connectivity index (χ2v) is 4.69. The second kappa shape index (κ2) is 5.28. The van der Waals surface area contributed by atoms with Gasteiger partial charge in [0.15, 0.2) is 0 Å². The quantitative estimate of drug-likeness (QED) is 0.788. The predicted molar refractivity (Wildman–Crippen MR) is 73.0 cm³/mol. The van der Waals surface area contributed by atoms with Crippen molar-refractivity contribution in [1.29, 1.82) is 0 Å². The van der Waals surface area contributed by atoms with Gasteiger partial charge in [0.2, 0.25) is 0 Å². The van der Waals surface area contributed by atoms with Crippen LogP contribution in [0.25, 0.3) is 6.08 Å². The van der Waals surface area contributed by atoms with Crippen LogP contribution in [0.4, 0.5) is 5.69 Å². The van der Waals surface area contributed by atoms with Crippen LogP contribution in [0.1, 0.15) is 42.7 Å². The van der Waals surface area contributed by atoms with Crippen LogP contribution in [0.15, 0.2) is 29.8 Å². The lowest BCUT2D eigenvalue weighted by Crippen LogP contribution is -2.16. The topological polar surface area (TPSA) is 32.6 Å². The Hall–Kier alpha value is -1.41. The van der Waals surface area contributed by atoms with E-state index >= 15 is 0 Å². The smallest absolute Gasteiger partial charge is 0.0694 e. The van der Waals surface area contributed by atoms with Crippen molar-refractivity contribution in [2.24, 2.45) is 4.99 Å². The SMILES string of the molecule is C=Cc1cc(C2CCC(O)CC2)ccc1N=C. The standard InChI is InChI=1S/C15H19NO/c1-3-11-10-13(6-9-15(11)16-2)12-4-7-14(17)8-5-12/h3,6,9-10,12,14,17H,1-2,4-5,7-8H2. The van der Waals surface area contributed by atoms with Crippen molar-refractivity contribution in [2.75, 3.05) is 0 Å². The van der Waals surface area contributed by atoms with Crippen LogP contribution in [0.5, 0.6) is 0 Å². The van der Waals surface area contributed by atoms with E-state index in [1.54, 1.807) is 0 Å². The van der Waals surface area contributed by atoms with E-state index in [0.717, 1.165) is 36.9 Å². The maximum Gasteiger partial charge on any atom is 0.0694 e. The van der Waals surface area contributed by atoms with E-state index in [4.69, 9.17) is 0 Å². The highest BCUT2D eigenvalue weighted by Crippen LogP contribution is 2.35. The summed E-state index contributed by atoms with van der Waals surface area (Å²) in [5.74, 6) is 0.566. The van der Waals surface area contributed by atoms with E-state index in [1.165, 1.54) is 5.56 Å². The maximum absolute atomic E-state index is 9.52. The minimum atomic E-state index is -0.0979. The molecular formula is C15H19NO. The molecule has 0 amide bonds. The Labute approximate surface area is 103 Å². The van der Waals surface area contributed by atoms with Gasteiger partial charge in [0.05, 0.1) is 11.8 Å².